The van der Waals surface area contributed by atoms with Gasteiger partial charge in [-0.2, -0.15) is 0 Å². The Kier molecular flexibility index (Phi) is 7.17. The molecule has 2 saturated heterocycles. The van der Waals surface area contributed by atoms with Crippen molar-refractivity contribution in [3.05, 3.63) is 119 Å². The van der Waals surface area contributed by atoms with Crippen LogP contribution < -0.4 is 5.32 Å². The van der Waals surface area contributed by atoms with Gasteiger partial charge in [-0.15, -0.1) is 0 Å². The quantitative estimate of drug-likeness (QED) is 0.164. The summed E-state index contributed by atoms with van der Waals surface area (Å²) in [4.78, 5) is 39.7. The van der Waals surface area contributed by atoms with E-state index in [1.54, 1.807) is 7.11 Å². The van der Waals surface area contributed by atoms with Crippen molar-refractivity contribution in [3.8, 4) is 0 Å². The molecule has 2 unspecified atom stereocenters. The lowest BCUT2D eigenvalue weighted by atomic mass is 9.93. The molecule has 16 rings (SSSR count). The summed E-state index contributed by atoms with van der Waals surface area (Å²) >= 11 is 0. The Hall–Kier alpha value is -6.67. The van der Waals surface area contributed by atoms with Gasteiger partial charge in [-0.3, -0.25) is 14.4 Å². The summed E-state index contributed by atoms with van der Waals surface area (Å²) in [7, 11) is 3.72. The number of aromatic nitrogens is 4. The molecule has 0 saturated carbocycles. The van der Waals surface area contributed by atoms with Crippen molar-refractivity contribution in [1.29, 1.82) is 0 Å². The van der Waals surface area contributed by atoms with Gasteiger partial charge in [-0.25, -0.2) is 0 Å². The molecule has 8 heterocycles. The van der Waals surface area contributed by atoms with Crippen molar-refractivity contribution in [2.24, 2.45) is 0 Å². The monoisotopic (exact) mass is 873 g/mol. The van der Waals surface area contributed by atoms with Gasteiger partial charge in [0.25, 0.3) is 0 Å². The maximum absolute atomic E-state index is 13.5. The maximum atomic E-state index is 13.5. The second-order valence-electron chi connectivity index (χ2n) is 19.2. The number of fused-ring (bicyclic) bond motifs is 26. The number of methoxy groups -OCH3 is 1. The number of nitrogens with zero attached hydrogens (tertiary/aromatic N) is 4. The van der Waals surface area contributed by atoms with E-state index < -0.39 is 11.8 Å². The molecule has 4 aromatic heterocycles. The van der Waals surface area contributed by atoms with Gasteiger partial charge in [0.15, 0.2) is 23.1 Å². The van der Waals surface area contributed by atoms with Crippen LogP contribution in [0.25, 0.3) is 87.2 Å². The van der Waals surface area contributed by atoms with Gasteiger partial charge < -0.3 is 42.9 Å². The number of hydrogen-bond donors (Lipinski definition) is 2. The molecule has 6 aliphatic rings. The summed E-state index contributed by atoms with van der Waals surface area (Å²) in [6.45, 7) is 2.11. The van der Waals surface area contributed by atoms with Gasteiger partial charge in [0.2, 0.25) is 0 Å². The minimum atomic E-state index is -0.835. The van der Waals surface area contributed by atoms with Crippen LogP contribution in [0.2, 0.25) is 0 Å². The Bertz CT molecular complexity index is 3820. The molecule has 2 N–H and O–H groups in total. The largest absolute Gasteiger partial charge is 0.388 e. The van der Waals surface area contributed by atoms with E-state index in [4.69, 9.17) is 14.2 Å². The van der Waals surface area contributed by atoms with Gasteiger partial charge in [0.05, 0.1) is 56.7 Å². The molecular weight excluding hydrogens is 831 g/mol. The molecule has 12 nitrogen and oxygen atoms in total. The first-order chi connectivity index (χ1) is 32.2. The number of aliphatic hydroxyl groups excluding tert-OH is 1. The van der Waals surface area contributed by atoms with E-state index in [1.165, 1.54) is 0 Å². The molecule has 0 radical (unpaired) electrons. The molecule has 0 spiro atoms. The predicted molar refractivity (Wildman–Crippen MR) is 253 cm³/mol. The first-order valence-corrected chi connectivity index (χ1v) is 23.1. The molecule has 6 aromatic carbocycles. The fourth-order valence-electron chi connectivity index (χ4n) is 13.8. The number of carbonyl (C=O) groups excluding carboxylic acids is 3. The average Bonchev–Trinajstić information content (AvgIpc) is 4.18. The minimum Gasteiger partial charge on any atom is -0.388 e. The molecule has 326 valence electrons. The van der Waals surface area contributed by atoms with Gasteiger partial charge in [-0.05, 0) is 51.1 Å². The number of nitrogens with one attached hydrogen (secondary N) is 1. The smallest absolute Gasteiger partial charge is 0.173 e. The zero-order valence-corrected chi connectivity index (χ0v) is 36.4. The third-order valence-electron chi connectivity index (χ3n) is 16.1. The molecule has 2 fully saturated rings. The molecule has 12 heteroatoms. The molecular formula is C54H43N5O7. The van der Waals surface area contributed by atoms with Crippen LogP contribution in [0, 0.1) is 0 Å². The van der Waals surface area contributed by atoms with E-state index >= 15 is 0 Å². The van der Waals surface area contributed by atoms with E-state index in [-0.39, 0.29) is 61.0 Å². The summed E-state index contributed by atoms with van der Waals surface area (Å²) in [6, 6.07) is 32.9. The van der Waals surface area contributed by atoms with Crippen LogP contribution in [0.1, 0.15) is 100 Å². The van der Waals surface area contributed by atoms with Crippen LogP contribution in [0.3, 0.4) is 0 Å². The first kappa shape index (κ1) is 37.5. The number of rotatable bonds is 2. The van der Waals surface area contributed by atoms with E-state index in [2.05, 4.69) is 79.0 Å². The van der Waals surface area contributed by atoms with E-state index in [0.29, 0.717) is 16.7 Å². The lowest BCUT2D eigenvalue weighted by molar-refractivity contribution is -0.256. The maximum Gasteiger partial charge on any atom is 0.173 e. The van der Waals surface area contributed by atoms with Crippen molar-refractivity contribution in [2.45, 2.75) is 81.7 Å². The van der Waals surface area contributed by atoms with Gasteiger partial charge in [-0.1, -0.05) is 72.8 Å². The second-order valence-corrected chi connectivity index (χ2v) is 19.2. The number of ketones is 3. The van der Waals surface area contributed by atoms with E-state index in [1.807, 2.05) is 55.6 Å². The first-order valence-electron chi connectivity index (χ1n) is 23.1. The Balaban J connectivity index is 0.000000123. The fraction of sp³-hybridized carbons (Fsp3) is 0.278. The number of carbonyl (C=O) groups is 3. The molecule has 0 amide bonds. The second kappa shape index (κ2) is 12.6. The Morgan fingerprint density at radius 2 is 1.09 bits per heavy atom. The Morgan fingerprint density at radius 1 is 0.621 bits per heavy atom. The Morgan fingerprint density at radius 3 is 1.62 bits per heavy atom. The van der Waals surface area contributed by atoms with Crippen molar-refractivity contribution in [1.82, 2.24) is 23.6 Å². The fourth-order valence-corrected chi connectivity index (χ4v) is 13.8. The number of para-hydroxylation sites is 4. The van der Waals surface area contributed by atoms with Gasteiger partial charge >= 0.3 is 0 Å². The SMILES string of the molecule is CN[C@@H]1C[C@H]2O[C@@](C)([C@@H]1OC)n1c3ccccc3c3c4c(c5c6ccccc6n2c5c31)C(=O)C[C@H]4O.O=C1CC(=O)c2c1c1c3ccccc3n3c1c1c2c2ccccc2n1C1CCC3O1. The van der Waals surface area contributed by atoms with Crippen LogP contribution in [-0.4, -0.2) is 67.0 Å². The highest BCUT2D eigenvalue weighted by atomic mass is 16.6. The molecule has 10 aromatic rings. The average molecular weight is 874 g/mol. The topological polar surface area (TPSA) is 131 Å². The van der Waals surface area contributed by atoms with Crippen molar-refractivity contribution in [2.75, 3.05) is 14.2 Å². The predicted octanol–water partition coefficient (Wildman–Crippen LogP) is 10.2. The van der Waals surface area contributed by atoms with E-state index in [0.717, 1.165) is 112 Å². The van der Waals surface area contributed by atoms with Crippen LogP contribution >= 0.6 is 0 Å². The highest BCUT2D eigenvalue weighted by Crippen LogP contribution is 2.57. The minimum absolute atomic E-state index is 0.00125. The third-order valence-corrected chi connectivity index (χ3v) is 16.1. The summed E-state index contributed by atoms with van der Waals surface area (Å²) in [5.41, 5.74) is 10.1. The molecule has 4 bridgehead atoms. The van der Waals surface area contributed by atoms with Crippen LogP contribution in [0.15, 0.2) is 97.1 Å². The number of ether oxygens (including phenoxy) is 3. The van der Waals surface area contributed by atoms with Crippen LogP contribution in [0.4, 0.5) is 0 Å². The van der Waals surface area contributed by atoms with E-state index in [9.17, 15) is 19.5 Å². The standard InChI is InChI=1S/C29H27N3O4.C25H16N2O3/c1-29-28(35-3)16(30-2)12-21(36-29)31-17-10-6-4-8-14(17)22-24-19(33)13-20(34)25(24)23-15-9-5-7-11-18(15)32(29)27(23)26(22)31;28-16-11-17(29)23-21-13-6-2-4-8-15(13)27-19-10-9-18(30-19)26-14-7-3-1-5-12(14)20(22(16)23)24(26)25(21)27/h4-11,16,20-21,28,30,34H,12-13H2,1-3H3;1-8,18-19H,9-11H2/t16-,20-,21-,28-,29+;/m1./s1. The zero-order chi connectivity index (χ0) is 44.2. The lowest BCUT2D eigenvalue weighted by Crippen LogP contribution is -2.59. The summed E-state index contributed by atoms with van der Waals surface area (Å²) in [5.74, 6) is -0.125. The lowest BCUT2D eigenvalue weighted by Gasteiger charge is -2.48. The highest BCUT2D eigenvalue weighted by molar-refractivity contribution is 6.41. The van der Waals surface area contributed by atoms with Crippen molar-refractivity contribution in [3.63, 3.8) is 0 Å². The number of Topliss-reactive ketones (excluding diaryl/α,β-unsaturated/α-hetero) is 3. The van der Waals surface area contributed by atoms with Crippen LogP contribution in [-0.2, 0) is 19.9 Å². The number of aliphatic hydroxyl groups is 1. The van der Waals surface area contributed by atoms with Crippen molar-refractivity contribution >= 4 is 105 Å². The highest BCUT2D eigenvalue weighted by Gasteiger charge is 2.53. The van der Waals surface area contributed by atoms with Gasteiger partial charge in [0, 0.05) is 91.3 Å². The molecule has 66 heavy (non-hydrogen) atoms. The zero-order valence-electron chi connectivity index (χ0n) is 36.4. The normalized spacial score (nSPS) is 26.0. The molecule has 7 atom stereocenters. The number of benzene rings is 6. The van der Waals surface area contributed by atoms with Gasteiger partial charge in [0.1, 0.15) is 24.8 Å². The summed E-state index contributed by atoms with van der Waals surface area (Å²) in [5, 5.41) is 22.6. The molecule has 4 aliphatic heterocycles. The van der Waals surface area contributed by atoms with Crippen molar-refractivity contribution < 1.29 is 33.7 Å². The van der Waals surface area contributed by atoms with Crippen LogP contribution in [0.5, 0.6) is 0 Å². The summed E-state index contributed by atoms with van der Waals surface area (Å²) < 4.78 is 28.9. The number of likely N-dealkylation sites (N-methyl/N-ethyl adjacent to an activating group) is 1. The third kappa shape index (κ3) is 4.23. The molecule has 2 aliphatic carbocycles. The summed E-state index contributed by atoms with van der Waals surface area (Å²) in [6.07, 6.45) is 1.16. The number of hydrogen-bond acceptors (Lipinski definition) is 8. The Labute approximate surface area is 375 Å².